The lowest BCUT2D eigenvalue weighted by Gasteiger charge is -2.29. The zero-order chi connectivity index (χ0) is 14.5. The first-order valence-electron chi connectivity index (χ1n) is 6.98. The monoisotopic (exact) mass is 343 g/mol. The highest BCUT2D eigenvalue weighted by molar-refractivity contribution is 9.10. The highest BCUT2D eigenvalue weighted by atomic mass is 79.9. The van der Waals surface area contributed by atoms with E-state index in [1.165, 1.54) is 12.1 Å². The summed E-state index contributed by atoms with van der Waals surface area (Å²) in [6.45, 7) is 2.24. The third-order valence-corrected chi connectivity index (χ3v) is 4.27. The molecule has 0 radical (unpaired) electrons. The quantitative estimate of drug-likeness (QED) is 0.835. The van der Waals surface area contributed by atoms with Crippen LogP contribution in [0.2, 0.25) is 0 Å². The first-order chi connectivity index (χ1) is 9.60. The lowest BCUT2D eigenvalue weighted by atomic mass is 9.85. The van der Waals surface area contributed by atoms with E-state index < -0.39 is 0 Å². The second-order valence-corrected chi connectivity index (χ2v) is 5.94. The van der Waals surface area contributed by atoms with Gasteiger partial charge in [-0.2, -0.15) is 0 Å². The van der Waals surface area contributed by atoms with Gasteiger partial charge in [0.1, 0.15) is 5.82 Å². The molecule has 3 nitrogen and oxygen atoms in total. The van der Waals surface area contributed by atoms with E-state index in [1.54, 1.807) is 6.07 Å². The third kappa shape index (κ3) is 3.95. The van der Waals surface area contributed by atoms with E-state index in [1.807, 2.05) is 6.92 Å². The molecular weight excluding hydrogens is 325 g/mol. The molecule has 1 saturated carbocycles. The number of hydrogen-bond donors (Lipinski definition) is 1. The Morgan fingerprint density at radius 2 is 2.30 bits per heavy atom. The number of carbonyl (C=O) groups is 1. The van der Waals surface area contributed by atoms with Crippen LogP contribution in [0.25, 0.3) is 0 Å². The van der Waals surface area contributed by atoms with Gasteiger partial charge in [0, 0.05) is 10.5 Å². The van der Waals surface area contributed by atoms with E-state index in [0.29, 0.717) is 6.61 Å². The molecule has 1 aliphatic rings. The summed E-state index contributed by atoms with van der Waals surface area (Å²) in [5, 5.41) is 3.32. The van der Waals surface area contributed by atoms with E-state index in [-0.39, 0.29) is 23.7 Å². The van der Waals surface area contributed by atoms with Crippen molar-refractivity contribution in [2.24, 2.45) is 5.92 Å². The first kappa shape index (κ1) is 15.3. The average Bonchev–Trinajstić information content (AvgIpc) is 2.43. The van der Waals surface area contributed by atoms with Crippen molar-refractivity contribution < 1.29 is 13.9 Å². The van der Waals surface area contributed by atoms with Crippen LogP contribution in [-0.2, 0) is 9.53 Å². The van der Waals surface area contributed by atoms with Crippen LogP contribution in [-0.4, -0.2) is 18.6 Å². The summed E-state index contributed by atoms with van der Waals surface area (Å²) in [5.74, 6) is -0.431. The van der Waals surface area contributed by atoms with Crippen molar-refractivity contribution in [2.75, 3.05) is 11.9 Å². The Bertz CT molecular complexity index is 481. The lowest BCUT2D eigenvalue weighted by molar-refractivity contribution is -0.149. The van der Waals surface area contributed by atoms with Crippen molar-refractivity contribution in [1.82, 2.24) is 0 Å². The number of carbonyl (C=O) groups excluding carboxylic acids is 1. The van der Waals surface area contributed by atoms with E-state index in [4.69, 9.17) is 4.74 Å². The van der Waals surface area contributed by atoms with Gasteiger partial charge in [0.25, 0.3) is 0 Å². The molecule has 1 N–H and O–H groups in total. The number of halogens is 2. The van der Waals surface area contributed by atoms with Gasteiger partial charge in [0.05, 0.1) is 18.2 Å². The lowest BCUT2D eigenvalue weighted by Crippen LogP contribution is -2.32. The molecule has 110 valence electrons. The van der Waals surface area contributed by atoms with Crippen molar-refractivity contribution in [3.8, 4) is 0 Å². The van der Waals surface area contributed by atoms with Crippen LogP contribution in [0.15, 0.2) is 22.7 Å². The first-order valence-corrected chi connectivity index (χ1v) is 7.77. The van der Waals surface area contributed by atoms with E-state index in [9.17, 15) is 9.18 Å². The second kappa shape index (κ2) is 7.07. The van der Waals surface area contributed by atoms with Crippen molar-refractivity contribution in [3.05, 3.63) is 28.5 Å². The maximum absolute atomic E-state index is 13.3. The number of hydrogen-bond acceptors (Lipinski definition) is 3. The van der Waals surface area contributed by atoms with Crippen LogP contribution in [0, 0.1) is 11.7 Å². The zero-order valence-corrected chi connectivity index (χ0v) is 13.1. The summed E-state index contributed by atoms with van der Waals surface area (Å²) in [6.07, 6.45) is 3.58. The van der Waals surface area contributed by atoms with Gasteiger partial charge < -0.3 is 10.1 Å². The van der Waals surface area contributed by atoms with Crippen LogP contribution in [0.5, 0.6) is 0 Å². The third-order valence-electron chi connectivity index (χ3n) is 3.58. The number of benzene rings is 1. The maximum atomic E-state index is 13.3. The molecule has 1 aliphatic carbocycles. The van der Waals surface area contributed by atoms with Gasteiger partial charge in [-0.25, -0.2) is 4.39 Å². The largest absolute Gasteiger partial charge is 0.466 e. The normalized spacial score (nSPS) is 22.4. The van der Waals surface area contributed by atoms with Gasteiger partial charge in [0.15, 0.2) is 0 Å². The highest BCUT2D eigenvalue weighted by Crippen LogP contribution is 2.30. The Kier molecular flexibility index (Phi) is 5.40. The van der Waals surface area contributed by atoms with Gasteiger partial charge in [0.2, 0.25) is 0 Å². The number of rotatable bonds is 4. The van der Waals surface area contributed by atoms with Gasteiger partial charge >= 0.3 is 5.97 Å². The molecule has 0 aliphatic heterocycles. The molecule has 0 aromatic heterocycles. The molecule has 2 unspecified atom stereocenters. The SMILES string of the molecule is CCOC(=O)C1CCCC(Nc2cc(F)ccc2Br)C1. The summed E-state index contributed by atoms with van der Waals surface area (Å²) in [4.78, 5) is 11.8. The molecule has 0 saturated heterocycles. The summed E-state index contributed by atoms with van der Waals surface area (Å²) < 4.78 is 19.2. The molecule has 2 atom stereocenters. The minimum absolute atomic E-state index is 0.0477. The zero-order valence-electron chi connectivity index (χ0n) is 11.5. The van der Waals surface area contributed by atoms with Crippen LogP contribution in [0.3, 0.4) is 0 Å². The molecule has 20 heavy (non-hydrogen) atoms. The molecule has 1 aromatic carbocycles. The standard InChI is InChI=1S/C15H19BrFNO2/c1-2-20-15(19)10-4-3-5-12(8-10)18-14-9-11(17)6-7-13(14)16/h6-7,9-10,12,18H,2-5,8H2,1H3. The van der Waals surface area contributed by atoms with E-state index >= 15 is 0 Å². The van der Waals surface area contributed by atoms with Crippen LogP contribution >= 0.6 is 15.9 Å². The van der Waals surface area contributed by atoms with Crippen molar-refractivity contribution in [3.63, 3.8) is 0 Å². The molecule has 1 fully saturated rings. The Hall–Kier alpha value is -1.10. The molecule has 0 amide bonds. The predicted molar refractivity (Wildman–Crippen MR) is 80.1 cm³/mol. The van der Waals surface area contributed by atoms with E-state index in [0.717, 1.165) is 35.8 Å². The summed E-state index contributed by atoms with van der Waals surface area (Å²) >= 11 is 3.41. The Morgan fingerprint density at radius 1 is 1.50 bits per heavy atom. The number of nitrogens with one attached hydrogen (secondary N) is 1. The number of ether oxygens (including phenoxy) is 1. The molecule has 0 heterocycles. The van der Waals surface area contributed by atoms with Crippen LogP contribution in [0.1, 0.15) is 32.6 Å². The fourth-order valence-corrected chi connectivity index (χ4v) is 2.98. The minimum Gasteiger partial charge on any atom is -0.466 e. The highest BCUT2D eigenvalue weighted by Gasteiger charge is 2.28. The molecule has 2 rings (SSSR count). The van der Waals surface area contributed by atoms with Gasteiger partial charge in [-0.05, 0) is 60.3 Å². The van der Waals surface area contributed by atoms with Crippen molar-refractivity contribution in [2.45, 2.75) is 38.6 Å². The smallest absolute Gasteiger partial charge is 0.308 e. The molecule has 0 bridgehead atoms. The van der Waals surface area contributed by atoms with Crippen LogP contribution in [0.4, 0.5) is 10.1 Å². The summed E-state index contributed by atoms with van der Waals surface area (Å²) in [5.41, 5.74) is 0.736. The average molecular weight is 344 g/mol. The topological polar surface area (TPSA) is 38.3 Å². The van der Waals surface area contributed by atoms with Gasteiger partial charge in [-0.3, -0.25) is 4.79 Å². The predicted octanol–water partition coefficient (Wildman–Crippen LogP) is 4.12. The number of anilines is 1. The molecule has 1 aromatic rings. The molecular formula is C15H19BrFNO2. The van der Waals surface area contributed by atoms with Crippen molar-refractivity contribution >= 4 is 27.6 Å². The molecule has 0 spiro atoms. The summed E-state index contributed by atoms with van der Waals surface area (Å²) in [7, 11) is 0. The Morgan fingerprint density at radius 3 is 3.05 bits per heavy atom. The van der Waals surface area contributed by atoms with E-state index in [2.05, 4.69) is 21.2 Å². The van der Waals surface area contributed by atoms with Gasteiger partial charge in [-0.1, -0.05) is 6.42 Å². The summed E-state index contributed by atoms with van der Waals surface area (Å²) in [6, 6.07) is 4.75. The van der Waals surface area contributed by atoms with Crippen LogP contribution < -0.4 is 5.32 Å². The van der Waals surface area contributed by atoms with Crippen molar-refractivity contribution in [1.29, 1.82) is 0 Å². The molecule has 5 heteroatoms. The fourth-order valence-electron chi connectivity index (χ4n) is 2.62. The maximum Gasteiger partial charge on any atom is 0.308 e. The second-order valence-electron chi connectivity index (χ2n) is 5.08. The fraction of sp³-hybridized carbons (Fsp3) is 0.533. The Labute approximate surface area is 127 Å². The Balaban J connectivity index is 1.99. The minimum atomic E-state index is -0.270. The van der Waals surface area contributed by atoms with Gasteiger partial charge in [-0.15, -0.1) is 0 Å². The number of esters is 1.